The Morgan fingerprint density at radius 3 is 2.70 bits per heavy atom. The maximum absolute atomic E-state index is 12.9. The highest BCUT2D eigenvalue weighted by atomic mass is 19.4. The molecule has 1 heterocycles. The SMILES string of the molecule is Cc1c(NC(=O)C2CC3CCCCC3N2)cccc1C(F)(F)F. The zero-order valence-electron chi connectivity index (χ0n) is 13.0. The number of nitrogens with one attached hydrogen (secondary N) is 2. The van der Waals surface area contributed by atoms with E-state index in [-0.39, 0.29) is 23.2 Å². The van der Waals surface area contributed by atoms with Crippen molar-refractivity contribution in [3.05, 3.63) is 29.3 Å². The maximum atomic E-state index is 12.9. The lowest BCUT2D eigenvalue weighted by Gasteiger charge is -2.24. The quantitative estimate of drug-likeness (QED) is 0.866. The fourth-order valence-corrected chi connectivity index (χ4v) is 3.82. The largest absolute Gasteiger partial charge is 0.416 e. The minimum Gasteiger partial charge on any atom is -0.324 e. The van der Waals surface area contributed by atoms with Gasteiger partial charge in [0.15, 0.2) is 0 Å². The Bertz CT molecular complexity index is 586. The van der Waals surface area contributed by atoms with E-state index in [1.54, 1.807) is 0 Å². The van der Waals surface area contributed by atoms with E-state index in [2.05, 4.69) is 10.6 Å². The maximum Gasteiger partial charge on any atom is 0.416 e. The normalized spacial score (nSPS) is 27.6. The third-order valence-electron chi connectivity index (χ3n) is 5.08. The molecule has 0 bridgehead atoms. The molecule has 3 atom stereocenters. The van der Waals surface area contributed by atoms with Gasteiger partial charge >= 0.3 is 6.18 Å². The van der Waals surface area contributed by atoms with Gasteiger partial charge in [-0.05, 0) is 49.8 Å². The van der Waals surface area contributed by atoms with Gasteiger partial charge in [0.1, 0.15) is 0 Å². The van der Waals surface area contributed by atoms with Gasteiger partial charge in [0.25, 0.3) is 0 Å². The number of benzene rings is 1. The second kappa shape index (κ2) is 6.15. The van der Waals surface area contributed by atoms with E-state index in [1.807, 2.05) is 0 Å². The van der Waals surface area contributed by atoms with Crippen LogP contribution in [0.25, 0.3) is 0 Å². The van der Waals surface area contributed by atoms with Crippen molar-refractivity contribution in [2.45, 2.75) is 57.3 Å². The summed E-state index contributed by atoms with van der Waals surface area (Å²) in [5.41, 5.74) is -0.409. The van der Waals surface area contributed by atoms with Gasteiger partial charge in [-0.1, -0.05) is 18.9 Å². The number of hydrogen-bond acceptors (Lipinski definition) is 2. The summed E-state index contributed by atoms with van der Waals surface area (Å²) >= 11 is 0. The first-order valence-corrected chi connectivity index (χ1v) is 8.10. The van der Waals surface area contributed by atoms with Crippen LogP contribution in [-0.2, 0) is 11.0 Å². The molecule has 1 aliphatic heterocycles. The van der Waals surface area contributed by atoms with Crippen LogP contribution in [0.4, 0.5) is 18.9 Å². The number of halogens is 3. The van der Waals surface area contributed by atoms with Crippen LogP contribution in [0.2, 0.25) is 0 Å². The van der Waals surface area contributed by atoms with Crippen LogP contribution >= 0.6 is 0 Å². The zero-order valence-corrected chi connectivity index (χ0v) is 13.0. The molecule has 3 rings (SSSR count). The number of amides is 1. The molecule has 23 heavy (non-hydrogen) atoms. The molecule has 1 aromatic carbocycles. The molecule has 1 saturated heterocycles. The van der Waals surface area contributed by atoms with E-state index in [4.69, 9.17) is 0 Å². The number of alkyl halides is 3. The Kier molecular flexibility index (Phi) is 4.36. The van der Waals surface area contributed by atoms with Crippen LogP contribution in [0.1, 0.15) is 43.2 Å². The molecule has 6 heteroatoms. The average molecular weight is 326 g/mol. The van der Waals surface area contributed by atoms with Crippen molar-refractivity contribution in [1.29, 1.82) is 0 Å². The van der Waals surface area contributed by atoms with Crippen LogP contribution in [0.15, 0.2) is 18.2 Å². The number of rotatable bonds is 2. The van der Waals surface area contributed by atoms with Crippen molar-refractivity contribution in [1.82, 2.24) is 5.32 Å². The van der Waals surface area contributed by atoms with Gasteiger partial charge in [-0.3, -0.25) is 4.79 Å². The van der Waals surface area contributed by atoms with Crippen LogP contribution < -0.4 is 10.6 Å². The lowest BCUT2D eigenvalue weighted by Crippen LogP contribution is -2.40. The molecule has 2 fully saturated rings. The van der Waals surface area contributed by atoms with Crippen molar-refractivity contribution in [2.75, 3.05) is 5.32 Å². The summed E-state index contributed by atoms with van der Waals surface area (Å²) < 4.78 is 38.8. The fourth-order valence-electron chi connectivity index (χ4n) is 3.82. The van der Waals surface area contributed by atoms with Crippen LogP contribution in [0.3, 0.4) is 0 Å². The lowest BCUT2D eigenvalue weighted by atomic mass is 9.85. The first kappa shape index (κ1) is 16.3. The Morgan fingerprint density at radius 2 is 2.00 bits per heavy atom. The molecule has 0 spiro atoms. The molecule has 2 aliphatic rings. The number of fused-ring (bicyclic) bond motifs is 1. The van der Waals surface area contributed by atoms with E-state index >= 15 is 0 Å². The van der Waals surface area contributed by atoms with Gasteiger partial charge in [-0.25, -0.2) is 0 Å². The topological polar surface area (TPSA) is 41.1 Å². The smallest absolute Gasteiger partial charge is 0.324 e. The first-order chi connectivity index (χ1) is 10.9. The van der Waals surface area contributed by atoms with Gasteiger partial charge < -0.3 is 10.6 Å². The van der Waals surface area contributed by atoms with Crippen LogP contribution in [0, 0.1) is 12.8 Å². The molecule has 126 valence electrons. The van der Waals surface area contributed by atoms with E-state index in [9.17, 15) is 18.0 Å². The van der Waals surface area contributed by atoms with Crippen molar-refractivity contribution in [3.8, 4) is 0 Å². The van der Waals surface area contributed by atoms with Gasteiger partial charge in [0.05, 0.1) is 11.6 Å². The first-order valence-electron chi connectivity index (χ1n) is 8.10. The van der Waals surface area contributed by atoms with Gasteiger partial charge in [-0.2, -0.15) is 13.2 Å². The highest BCUT2D eigenvalue weighted by Crippen LogP contribution is 2.36. The molecule has 0 radical (unpaired) electrons. The molecule has 3 nitrogen and oxygen atoms in total. The minimum absolute atomic E-state index is 0.0590. The molecule has 2 N–H and O–H groups in total. The van der Waals surface area contributed by atoms with Gasteiger partial charge in [-0.15, -0.1) is 0 Å². The number of carbonyl (C=O) groups is 1. The fraction of sp³-hybridized carbons (Fsp3) is 0.588. The average Bonchev–Trinajstić information content (AvgIpc) is 2.92. The Hall–Kier alpha value is -1.56. The monoisotopic (exact) mass is 326 g/mol. The predicted octanol–water partition coefficient (Wildman–Crippen LogP) is 3.87. The molecule has 1 amide bonds. The lowest BCUT2D eigenvalue weighted by molar-refractivity contribution is -0.138. The van der Waals surface area contributed by atoms with Crippen molar-refractivity contribution in [2.24, 2.45) is 5.92 Å². The standard InChI is InChI=1S/C17H21F3N2O/c1-10-12(17(18,19)20)6-4-8-13(10)22-16(23)15-9-11-5-2-3-7-14(11)21-15/h4,6,8,11,14-15,21H,2-3,5,7,9H2,1H3,(H,22,23). The number of hydrogen-bond donors (Lipinski definition) is 2. The van der Waals surface area contributed by atoms with Crippen molar-refractivity contribution in [3.63, 3.8) is 0 Å². The van der Waals surface area contributed by atoms with E-state index < -0.39 is 11.7 Å². The van der Waals surface area contributed by atoms with Gasteiger partial charge in [0, 0.05) is 11.7 Å². The van der Waals surface area contributed by atoms with E-state index in [1.165, 1.54) is 31.9 Å². The molecule has 1 aliphatic carbocycles. The summed E-state index contributed by atoms with van der Waals surface area (Å²) in [5, 5.41) is 6.02. The highest BCUT2D eigenvalue weighted by molar-refractivity contribution is 5.95. The van der Waals surface area contributed by atoms with E-state index in [0.717, 1.165) is 25.3 Å². The number of carbonyl (C=O) groups excluding carboxylic acids is 1. The van der Waals surface area contributed by atoms with E-state index in [0.29, 0.717) is 12.0 Å². The summed E-state index contributed by atoms with van der Waals surface area (Å²) in [5.74, 6) is 0.281. The summed E-state index contributed by atoms with van der Waals surface area (Å²) in [7, 11) is 0. The molecule has 1 saturated carbocycles. The molecule has 1 aromatic rings. The number of anilines is 1. The van der Waals surface area contributed by atoms with Gasteiger partial charge in [0.2, 0.25) is 5.91 Å². The van der Waals surface area contributed by atoms with Crippen molar-refractivity contribution < 1.29 is 18.0 Å². The summed E-state index contributed by atoms with van der Waals surface area (Å²) in [4.78, 5) is 12.4. The summed E-state index contributed by atoms with van der Waals surface area (Å²) in [6.45, 7) is 1.39. The summed E-state index contributed by atoms with van der Waals surface area (Å²) in [6, 6.07) is 3.95. The minimum atomic E-state index is -4.41. The molecule has 0 aromatic heterocycles. The Morgan fingerprint density at radius 1 is 1.26 bits per heavy atom. The Balaban J connectivity index is 1.71. The third-order valence-corrected chi connectivity index (χ3v) is 5.08. The van der Waals surface area contributed by atoms with Crippen LogP contribution in [0.5, 0.6) is 0 Å². The highest BCUT2D eigenvalue weighted by Gasteiger charge is 2.38. The van der Waals surface area contributed by atoms with Crippen LogP contribution in [-0.4, -0.2) is 18.0 Å². The van der Waals surface area contributed by atoms with Crippen molar-refractivity contribution >= 4 is 11.6 Å². The molecular weight excluding hydrogens is 305 g/mol. The zero-order chi connectivity index (χ0) is 16.6. The molecular formula is C17H21F3N2O. The Labute approximate surface area is 133 Å². The molecule has 3 unspecified atom stereocenters. The third kappa shape index (κ3) is 3.37. The predicted molar refractivity (Wildman–Crippen MR) is 82.1 cm³/mol. The second-order valence-corrected chi connectivity index (χ2v) is 6.57. The second-order valence-electron chi connectivity index (χ2n) is 6.57. The summed E-state index contributed by atoms with van der Waals surface area (Å²) in [6.07, 6.45) is 0.945.